The molecule has 0 aromatic carbocycles. The fraction of sp³-hybridized carbons (Fsp3) is 0.600. The SMILES string of the molecule is O[C@H]1COC2C1OC[C@@H]2Nc1nc(Cl)ncc1Cl. The van der Waals surface area contributed by atoms with Crippen LogP contribution in [0.1, 0.15) is 0 Å². The molecule has 3 heterocycles. The Hall–Kier alpha value is -0.660. The van der Waals surface area contributed by atoms with Gasteiger partial charge in [-0.15, -0.1) is 0 Å². The van der Waals surface area contributed by atoms with E-state index in [1.165, 1.54) is 6.20 Å². The number of anilines is 1. The molecule has 1 aromatic rings. The summed E-state index contributed by atoms with van der Waals surface area (Å²) >= 11 is 11.7. The highest BCUT2D eigenvalue weighted by Gasteiger charge is 2.47. The maximum Gasteiger partial charge on any atom is 0.224 e. The summed E-state index contributed by atoms with van der Waals surface area (Å²) in [5.74, 6) is 0.441. The second-order valence-electron chi connectivity index (χ2n) is 4.25. The molecule has 18 heavy (non-hydrogen) atoms. The molecule has 2 fully saturated rings. The van der Waals surface area contributed by atoms with Crippen LogP contribution in [0.3, 0.4) is 0 Å². The smallest absolute Gasteiger partial charge is 0.224 e. The van der Waals surface area contributed by atoms with Gasteiger partial charge < -0.3 is 19.9 Å². The molecule has 1 aromatic heterocycles. The first-order valence-electron chi connectivity index (χ1n) is 5.51. The summed E-state index contributed by atoms with van der Waals surface area (Å²) in [7, 11) is 0. The van der Waals surface area contributed by atoms with Crippen molar-refractivity contribution >= 4 is 29.0 Å². The van der Waals surface area contributed by atoms with E-state index in [2.05, 4.69) is 15.3 Å². The third kappa shape index (κ3) is 2.15. The van der Waals surface area contributed by atoms with Crippen LogP contribution in [0.5, 0.6) is 0 Å². The van der Waals surface area contributed by atoms with Gasteiger partial charge in [-0.25, -0.2) is 4.98 Å². The van der Waals surface area contributed by atoms with Gasteiger partial charge in [0.25, 0.3) is 0 Å². The number of fused-ring (bicyclic) bond motifs is 1. The number of hydrogen-bond acceptors (Lipinski definition) is 6. The zero-order valence-electron chi connectivity index (χ0n) is 9.22. The second kappa shape index (κ2) is 4.79. The Morgan fingerprint density at radius 3 is 2.89 bits per heavy atom. The van der Waals surface area contributed by atoms with Crippen LogP contribution in [0.4, 0.5) is 5.82 Å². The summed E-state index contributed by atoms with van der Waals surface area (Å²) in [6.45, 7) is 0.704. The van der Waals surface area contributed by atoms with Crippen molar-refractivity contribution in [3.8, 4) is 0 Å². The minimum atomic E-state index is -0.578. The lowest BCUT2D eigenvalue weighted by Gasteiger charge is -2.18. The molecule has 3 rings (SSSR count). The predicted octanol–water partition coefficient (Wildman–Crippen LogP) is 0.722. The predicted molar refractivity (Wildman–Crippen MR) is 64.9 cm³/mol. The maximum atomic E-state index is 9.63. The van der Waals surface area contributed by atoms with Gasteiger partial charge in [0.15, 0.2) is 0 Å². The van der Waals surface area contributed by atoms with Crippen LogP contribution in [0, 0.1) is 0 Å². The van der Waals surface area contributed by atoms with E-state index in [0.29, 0.717) is 17.4 Å². The molecule has 0 saturated carbocycles. The lowest BCUT2D eigenvalue weighted by atomic mass is 10.1. The van der Waals surface area contributed by atoms with Crippen LogP contribution in [-0.4, -0.2) is 52.6 Å². The molecule has 4 atom stereocenters. The molecule has 2 unspecified atom stereocenters. The Morgan fingerprint density at radius 1 is 1.28 bits per heavy atom. The van der Waals surface area contributed by atoms with Crippen molar-refractivity contribution < 1.29 is 14.6 Å². The maximum absolute atomic E-state index is 9.63. The van der Waals surface area contributed by atoms with E-state index < -0.39 is 6.10 Å². The summed E-state index contributed by atoms with van der Waals surface area (Å²) in [4.78, 5) is 7.78. The fourth-order valence-corrected chi connectivity index (χ4v) is 2.50. The van der Waals surface area contributed by atoms with Crippen LogP contribution >= 0.6 is 23.2 Å². The largest absolute Gasteiger partial charge is 0.388 e. The Bertz CT molecular complexity index is 462. The molecule has 2 saturated heterocycles. The highest BCUT2D eigenvalue weighted by Crippen LogP contribution is 2.30. The van der Waals surface area contributed by atoms with Crippen LogP contribution in [0.25, 0.3) is 0 Å². The molecule has 0 amide bonds. The van der Waals surface area contributed by atoms with Crippen LogP contribution in [0.2, 0.25) is 10.3 Å². The monoisotopic (exact) mass is 291 g/mol. The number of nitrogens with one attached hydrogen (secondary N) is 1. The van der Waals surface area contributed by atoms with Gasteiger partial charge in [-0.05, 0) is 11.6 Å². The molecule has 8 heteroatoms. The van der Waals surface area contributed by atoms with E-state index in [9.17, 15) is 5.11 Å². The van der Waals surface area contributed by atoms with Crippen molar-refractivity contribution in [1.29, 1.82) is 0 Å². The first kappa shape index (κ1) is 12.4. The van der Waals surface area contributed by atoms with Gasteiger partial charge in [-0.1, -0.05) is 11.6 Å². The quantitative estimate of drug-likeness (QED) is 0.782. The first-order valence-corrected chi connectivity index (χ1v) is 6.26. The molecular weight excluding hydrogens is 281 g/mol. The van der Waals surface area contributed by atoms with Crippen LogP contribution in [0.15, 0.2) is 6.20 Å². The average molecular weight is 292 g/mol. The number of hydrogen-bond donors (Lipinski definition) is 2. The number of aliphatic hydroxyl groups excluding tert-OH is 1. The highest BCUT2D eigenvalue weighted by molar-refractivity contribution is 6.33. The second-order valence-corrected chi connectivity index (χ2v) is 4.99. The average Bonchev–Trinajstić information content (AvgIpc) is 2.89. The van der Waals surface area contributed by atoms with Gasteiger partial charge in [-0.3, -0.25) is 0 Å². The Balaban J connectivity index is 1.75. The number of aromatic nitrogens is 2. The molecule has 0 bridgehead atoms. The van der Waals surface area contributed by atoms with E-state index in [4.69, 9.17) is 32.7 Å². The number of rotatable bonds is 2. The third-order valence-electron chi connectivity index (χ3n) is 3.06. The van der Waals surface area contributed by atoms with Gasteiger partial charge in [-0.2, -0.15) is 4.98 Å². The minimum Gasteiger partial charge on any atom is -0.388 e. The highest BCUT2D eigenvalue weighted by atomic mass is 35.5. The molecule has 2 aliphatic heterocycles. The molecule has 98 valence electrons. The molecular formula is C10H11Cl2N3O3. The third-order valence-corrected chi connectivity index (χ3v) is 3.52. The summed E-state index contributed by atoms with van der Waals surface area (Å²) in [6, 6.07) is -0.115. The van der Waals surface area contributed by atoms with Gasteiger partial charge in [0.1, 0.15) is 29.2 Å². The molecule has 2 N–H and O–H groups in total. The number of aliphatic hydroxyl groups is 1. The van der Waals surface area contributed by atoms with Gasteiger partial charge in [0, 0.05) is 0 Å². The summed E-state index contributed by atoms with van der Waals surface area (Å²) in [5.41, 5.74) is 0. The van der Waals surface area contributed by atoms with Crippen molar-refractivity contribution in [1.82, 2.24) is 9.97 Å². The molecule has 0 spiro atoms. The number of nitrogens with zero attached hydrogens (tertiary/aromatic N) is 2. The zero-order valence-corrected chi connectivity index (χ0v) is 10.7. The van der Waals surface area contributed by atoms with Gasteiger partial charge in [0.2, 0.25) is 5.28 Å². The number of ether oxygens (including phenoxy) is 2. The van der Waals surface area contributed by atoms with E-state index in [1.807, 2.05) is 0 Å². The fourth-order valence-electron chi connectivity index (χ4n) is 2.23. The summed E-state index contributed by atoms with van der Waals surface area (Å²) < 4.78 is 11.0. The van der Waals surface area contributed by atoms with Crippen molar-refractivity contribution in [2.24, 2.45) is 0 Å². The van der Waals surface area contributed by atoms with E-state index in [1.54, 1.807) is 0 Å². The van der Waals surface area contributed by atoms with Crippen LogP contribution < -0.4 is 5.32 Å². The standard InChI is InChI=1S/C10H11Cl2N3O3/c11-4-1-13-10(12)15-9(4)14-5-2-17-8-6(16)3-18-7(5)8/h1,5-8,16H,2-3H2,(H,13,14,15)/t5-,6-,7?,8?/m0/s1. The first-order chi connectivity index (χ1) is 8.65. The van der Waals surface area contributed by atoms with E-state index in [0.717, 1.165) is 0 Å². The van der Waals surface area contributed by atoms with E-state index >= 15 is 0 Å². The lowest BCUT2D eigenvalue weighted by molar-refractivity contribution is 0.0184. The Kier molecular flexibility index (Phi) is 3.29. The normalized spacial score (nSPS) is 34.6. The number of halogens is 2. The Morgan fingerprint density at radius 2 is 2.06 bits per heavy atom. The van der Waals surface area contributed by atoms with Crippen molar-refractivity contribution in [2.75, 3.05) is 18.5 Å². The molecule has 0 radical (unpaired) electrons. The lowest BCUT2D eigenvalue weighted by Crippen LogP contribution is -2.36. The topological polar surface area (TPSA) is 76.5 Å². The van der Waals surface area contributed by atoms with Crippen molar-refractivity contribution in [3.63, 3.8) is 0 Å². The summed E-state index contributed by atoms with van der Waals surface area (Å²) in [5, 5.41) is 13.2. The minimum absolute atomic E-state index is 0.115. The Labute approximate surface area is 113 Å². The van der Waals surface area contributed by atoms with Crippen molar-refractivity contribution in [3.05, 3.63) is 16.5 Å². The summed E-state index contributed by atoms with van der Waals surface area (Å²) in [6.07, 6.45) is 0.353. The van der Waals surface area contributed by atoms with Gasteiger partial charge >= 0.3 is 0 Å². The molecule has 0 aliphatic carbocycles. The van der Waals surface area contributed by atoms with Crippen LogP contribution in [-0.2, 0) is 9.47 Å². The molecule has 2 aliphatic rings. The van der Waals surface area contributed by atoms with E-state index in [-0.39, 0.29) is 30.1 Å². The molecule has 6 nitrogen and oxygen atoms in total. The zero-order chi connectivity index (χ0) is 12.7. The van der Waals surface area contributed by atoms with Gasteiger partial charge in [0.05, 0.1) is 25.5 Å². The van der Waals surface area contributed by atoms with Crippen molar-refractivity contribution in [2.45, 2.75) is 24.4 Å².